The standard InChI is InChI=1S/C15H20N4O2/c1-10-11(2)18-15(12-5-4-6-16-7-12)19-14(10)17-8-13(20)9-21-3/h4-7,13,20H,8-9H2,1-3H3,(H,17,18,19). The third kappa shape index (κ3) is 3.96. The molecule has 0 spiro atoms. The topological polar surface area (TPSA) is 80.2 Å². The van der Waals surface area contributed by atoms with Crippen LogP contribution in [0.5, 0.6) is 0 Å². The summed E-state index contributed by atoms with van der Waals surface area (Å²) in [6.45, 7) is 4.55. The third-order valence-electron chi connectivity index (χ3n) is 3.17. The van der Waals surface area contributed by atoms with Crippen LogP contribution in [0.3, 0.4) is 0 Å². The SMILES string of the molecule is COCC(O)CNc1nc(-c2cccnc2)nc(C)c1C. The molecule has 0 aliphatic carbocycles. The summed E-state index contributed by atoms with van der Waals surface area (Å²) in [6, 6.07) is 3.77. The van der Waals surface area contributed by atoms with Crippen LogP contribution in [0.25, 0.3) is 11.4 Å². The van der Waals surface area contributed by atoms with Gasteiger partial charge in [0.05, 0.1) is 12.7 Å². The predicted molar refractivity (Wildman–Crippen MR) is 81.1 cm³/mol. The van der Waals surface area contributed by atoms with Crippen molar-refractivity contribution in [3.63, 3.8) is 0 Å². The molecule has 6 heteroatoms. The lowest BCUT2D eigenvalue weighted by molar-refractivity contribution is 0.0727. The lowest BCUT2D eigenvalue weighted by atomic mass is 10.2. The molecule has 0 radical (unpaired) electrons. The second-order valence-corrected chi connectivity index (χ2v) is 4.84. The molecule has 0 aromatic carbocycles. The molecule has 6 nitrogen and oxygen atoms in total. The highest BCUT2D eigenvalue weighted by Crippen LogP contribution is 2.20. The fourth-order valence-corrected chi connectivity index (χ4v) is 1.89. The van der Waals surface area contributed by atoms with E-state index in [1.54, 1.807) is 19.5 Å². The molecule has 2 aromatic heterocycles. The van der Waals surface area contributed by atoms with Gasteiger partial charge in [-0.2, -0.15) is 0 Å². The molecule has 0 saturated heterocycles. The zero-order valence-electron chi connectivity index (χ0n) is 12.5. The van der Waals surface area contributed by atoms with E-state index in [1.807, 2.05) is 26.0 Å². The van der Waals surface area contributed by atoms with Crippen LogP contribution >= 0.6 is 0 Å². The van der Waals surface area contributed by atoms with E-state index >= 15 is 0 Å². The van der Waals surface area contributed by atoms with Crippen molar-refractivity contribution in [2.24, 2.45) is 0 Å². The highest BCUT2D eigenvalue weighted by atomic mass is 16.5. The number of anilines is 1. The molecule has 2 N–H and O–H groups in total. The van der Waals surface area contributed by atoms with Gasteiger partial charge in [0.25, 0.3) is 0 Å². The van der Waals surface area contributed by atoms with E-state index in [4.69, 9.17) is 4.74 Å². The largest absolute Gasteiger partial charge is 0.389 e. The molecule has 21 heavy (non-hydrogen) atoms. The average Bonchev–Trinajstić information content (AvgIpc) is 2.50. The van der Waals surface area contributed by atoms with Gasteiger partial charge in [-0.25, -0.2) is 9.97 Å². The molecule has 0 aliphatic heterocycles. The first-order valence-corrected chi connectivity index (χ1v) is 6.78. The van der Waals surface area contributed by atoms with Gasteiger partial charge in [-0.3, -0.25) is 4.98 Å². The van der Waals surface area contributed by atoms with Crippen molar-refractivity contribution in [2.45, 2.75) is 20.0 Å². The molecule has 2 aromatic rings. The van der Waals surface area contributed by atoms with E-state index in [1.165, 1.54) is 0 Å². The van der Waals surface area contributed by atoms with Gasteiger partial charge in [0.15, 0.2) is 5.82 Å². The fourth-order valence-electron chi connectivity index (χ4n) is 1.89. The minimum Gasteiger partial charge on any atom is -0.389 e. The van der Waals surface area contributed by atoms with Gasteiger partial charge in [-0.05, 0) is 26.0 Å². The van der Waals surface area contributed by atoms with Crippen LogP contribution in [0.15, 0.2) is 24.5 Å². The minimum atomic E-state index is -0.577. The molecule has 2 heterocycles. The number of aliphatic hydroxyl groups is 1. The maximum absolute atomic E-state index is 9.72. The number of aryl methyl sites for hydroxylation is 1. The van der Waals surface area contributed by atoms with Crippen LogP contribution in [-0.2, 0) is 4.74 Å². The maximum Gasteiger partial charge on any atom is 0.163 e. The summed E-state index contributed by atoms with van der Waals surface area (Å²) in [6.07, 6.45) is 2.87. The third-order valence-corrected chi connectivity index (χ3v) is 3.17. The minimum absolute atomic E-state index is 0.283. The Morgan fingerprint density at radius 1 is 1.33 bits per heavy atom. The first-order valence-electron chi connectivity index (χ1n) is 6.78. The Morgan fingerprint density at radius 3 is 2.81 bits per heavy atom. The number of hydrogen-bond donors (Lipinski definition) is 2. The predicted octanol–water partition coefficient (Wildman–Crippen LogP) is 1.57. The Bertz CT molecular complexity index is 590. The van der Waals surface area contributed by atoms with Crippen molar-refractivity contribution >= 4 is 5.82 Å². The van der Waals surface area contributed by atoms with Gasteiger partial charge in [0.2, 0.25) is 0 Å². The van der Waals surface area contributed by atoms with Crippen LogP contribution < -0.4 is 5.32 Å². The van der Waals surface area contributed by atoms with Gasteiger partial charge < -0.3 is 15.2 Å². The van der Waals surface area contributed by atoms with E-state index in [0.717, 1.165) is 22.6 Å². The van der Waals surface area contributed by atoms with Gasteiger partial charge in [0.1, 0.15) is 5.82 Å². The van der Waals surface area contributed by atoms with Crippen molar-refractivity contribution in [3.05, 3.63) is 35.8 Å². The zero-order valence-corrected chi connectivity index (χ0v) is 12.5. The molecule has 2 rings (SSSR count). The number of aliphatic hydroxyl groups excluding tert-OH is 1. The zero-order chi connectivity index (χ0) is 15.2. The summed E-state index contributed by atoms with van der Waals surface area (Å²) in [5.74, 6) is 1.34. The second-order valence-electron chi connectivity index (χ2n) is 4.84. The number of hydrogen-bond acceptors (Lipinski definition) is 6. The fraction of sp³-hybridized carbons (Fsp3) is 0.400. The van der Waals surface area contributed by atoms with Crippen LogP contribution in [0, 0.1) is 13.8 Å². The number of pyridine rings is 1. The Balaban J connectivity index is 2.23. The number of nitrogens with zero attached hydrogens (tertiary/aromatic N) is 3. The Morgan fingerprint density at radius 2 is 2.14 bits per heavy atom. The maximum atomic E-state index is 9.72. The Labute approximate surface area is 124 Å². The molecule has 0 aliphatic rings. The number of methoxy groups -OCH3 is 1. The summed E-state index contributed by atoms with van der Waals surface area (Å²) < 4.78 is 4.91. The van der Waals surface area contributed by atoms with Crippen LogP contribution in [0.1, 0.15) is 11.3 Å². The van der Waals surface area contributed by atoms with E-state index in [2.05, 4.69) is 20.3 Å². The van der Waals surface area contributed by atoms with Crippen molar-refractivity contribution in [2.75, 3.05) is 25.6 Å². The van der Waals surface area contributed by atoms with Crippen molar-refractivity contribution in [3.8, 4) is 11.4 Å². The van der Waals surface area contributed by atoms with Crippen molar-refractivity contribution < 1.29 is 9.84 Å². The molecule has 1 atom stereocenters. The summed E-state index contributed by atoms with van der Waals surface area (Å²) in [5, 5.41) is 12.9. The van der Waals surface area contributed by atoms with E-state index in [0.29, 0.717) is 12.4 Å². The second kappa shape index (κ2) is 7.10. The molecule has 0 fully saturated rings. The van der Waals surface area contributed by atoms with E-state index < -0.39 is 6.10 Å². The number of nitrogens with one attached hydrogen (secondary N) is 1. The van der Waals surface area contributed by atoms with Gasteiger partial charge >= 0.3 is 0 Å². The van der Waals surface area contributed by atoms with Crippen molar-refractivity contribution in [1.82, 2.24) is 15.0 Å². The van der Waals surface area contributed by atoms with Gasteiger partial charge in [0, 0.05) is 42.9 Å². The van der Waals surface area contributed by atoms with Crippen LogP contribution in [-0.4, -0.2) is 46.4 Å². The van der Waals surface area contributed by atoms with E-state index in [-0.39, 0.29) is 6.61 Å². The first kappa shape index (κ1) is 15.3. The quantitative estimate of drug-likeness (QED) is 0.840. The summed E-state index contributed by atoms with van der Waals surface area (Å²) >= 11 is 0. The number of rotatable bonds is 6. The lowest BCUT2D eigenvalue weighted by Crippen LogP contribution is -2.25. The molecule has 0 amide bonds. The highest BCUT2D eigenvalue weighted by Gasteiger charge is 2.11. The molecule has 0 saturated carbocycles. The van der Waals surface area contributed by atoms with Gasteiger partial charge in [-0.15, -0.1) is 0 Å². The monoisotopic (exact) mass is 288 g/mol. The summed E-state index contributed by atoms with van der Waals surface area (Å²) in [5.41, 5.74) is 2.72. The molecule has 112 valence electrons. The number of ether oxygens (including phenoxy) is 1. The summed E-state index contributed by atoms with van der Waals surface area (Å²) in [4.78, 5) is 13.1. The van der Waals surface area contributed by atoms with Gasteiger partial charge in [-0.1, -0.05) is 0 Å². The van der Waals surface area contributed by atoms with E-state index in [9.17, 15) is 5.11 Å². The first-order chi connectivity index (χ1) is 10.1. The molecular weight excluding hydrogens is 268 g/mol. The molecule has 0 bridgehead atoms. The van der Waals surface area contributed by atoms with Crippen LogP contribution in [0.4, 0.5) is 5.82 Å². The molecule has 1 unspecified atom stereocenters. The van der Waals surface area contributed by atoms with Crippen molar-refractivity contribution in [1.29, 1.82) is 0 Å². The smallest absolute Gasteiger partial charge is 0.163 e. The lowest BCUT2D eigenvalue weighted by Gasteiger charge is -2.15. The number of aromatic nitrogens is 3. The highest BCUT2D eigenvalue weighted by molar-refractivity contribution is 5.58. The molecular formula is C15H20N4O2. The van der Waals surface area contributed by atoms with Crippen LogP contribution in [0.2, 0.25) is 0 Å². The normalized spacial score (nSPS) is 12.2. The average molecular weight is 288 g/mol. The Hall–Kier alpha value is -2.05. The summed E-state index contributed by atoms with van der Waals surface area (Å²) in [7, 11) is 1.56. The Kier molecular flexibility index (Phi) is 5.19.